The summed E-state index contributed by atoms with van der Waals surface area (Å²) >= 11 is 0. The maximum atomic E-state index is 12.1. The molecule has 1 aliphatic rings. The highest BCUT2D eigenvalue weighted by Gasteiger charge is 2.29. The fourth-order valence-electron chi connectivity index (χ4n) is 2.82. The highest BCUT2D eigenvalue weighted by molar-refractivity contribution is 5.82. The van der Waals surface area contributed by atoms with Gasteiger partial charge in [-0.25, -0.2) is 4.98 Å². The van der Waals surface area contributed by atoms with Gasteiger partial charge in [0.05, 0.1) is 0 Å². The Labute approximate surface area is 122 Å². The number of rotatable bonds is 4. The van der Waals surface area contributed by atoms with Crippen molar-refractivity contribution in [2.24, 2.45) is 0 Å². The molecule has 21 heavy (non-hydrogen) atoms. The molecule has 1 amide bonds. The molecule has 1 aliphatic heterocycles. The van der Waals surface area contributed by atoms with E-state index in [-0.39, 0.29) is 11.9 Å². The Bertz CT molecular complexity index is 687. The van der Waals surface area contributed by atoms with Crippen LogP contribution in [0.25, 0.3) is 11.0 Å². The summed E-state index contributed by atoms with van der Waals surface area (Å²) in [7, 11) is 0. The van der Waals surface area contributed by atoms with Gasteiger partial charge in [-0.2, -0.15) is 5.26 Å². The van der Waals surface area contributed by atoms with Crippen molar-refractivity contribution in [3.63, 3.8) is 0 Å². The molecule has 6 heteroatoms. The number of nitriles is 1. The number of carbonyl (C=O) groups excluding carboxylic acids is 1. The molecule has 1 saturated heterocycles. The Hall–Kier alpha value is -2.55. The summed E-state index contributed by atoms with van der Waals surface area (Å²) in [5.41, 5.74) is 2.01. The lowest BCUT2D eigenvalue weighted by atomic mass is 10.1. The van der Waals surface area contributed by atoms with E-state index in [1.807, 2.05) is 18.3 Å². The van der Waals surface area contributed by atoms with E-state index in [1.165, 1.54) is 0 Å². The lowest BCUT2D eigenvalue weighted by Gasteiger charge is -2.17. The van der Waals surface area contributed by atoms with Crippen molar-refractivity contribution in [3.8, 4) is 6.19 Å². The molecule has 1 unspecified atom stereocenters. The Morgan fingerprint density at radius 1 is 1.62 bits per heavy atom. The number of hydrogen-bond acceptors (Lipinski definition) is 4. The summed E-state index contributed by atoms with van der Waals surface area (Å²) < 4.78 is 0. The van der Waals surface area contributed by atoms with Crippen molar-refractivity contribution in [1.82, 2.24) is 20.2 Å². The summed E-state index contributed by atoms with van der Waals surface area (Å²) in [4.78, 5) is 21.0. The first kappa shape index (κ1) is 13.4. The first-order valence-electron chi connectivity index (χ1n) is 7.14. The average Bonchev–Trinajstić information content (AvgIpc) is 3.14. The fourth-order valence-corrected chi connectivity index (χ4v) is 2.82. The van der Waals surface area contributed by atoms with Gasteiger partial charge in [0.15, 0.2) is 6.19 Å². The van der Waals surface area contributed by atoms with Crippen LogP contribution in [0.1, 0.15) is 18.4 Å². The van der Waals surface area contributed by atoms with Crippen LogP contribution in [0.4, 0.5) is 0 Å². The van der Waals surface area contributed by atoms with E-state index < -0.39 is 0 Å². The Kier molecular flexibility index (Phi) is 3.73. The predicted molar refractivity (Wildman–Crippen MR) is 78.1 cm³/mol. The molecule has 0 aromatic carbocycles. The van der Waals surface area contributed by atoms with Crippen LogP contribution in [0.5, 0.6) is 0 Å². The zero-order chi connectivity index (χ0) is 14.7. The Morgan fingerprint density at radius 3 is 3.38 bits per heavy atom. The van der Waals surface area contributed by atoms with Crippen LogP contribution in [0.15, 0.2) is 24.5 Å². The van der Waals surface area contributed by atoms with E-state index in [1.54, 1.807) is 11.1 Å². The average molecular weight is 283 g/mol. The van der Waals surface area contributed by atoms with E-state index >= 15 is 0 Å². The van der Waals surface area contributed by atoms with E-state index in [2.05, 4.69) is 21.5 Å². The normalized spacial score (nSPS) is 17.9. The summed E-state index contributed by atoms with van der Waals surface area (Å²) in [6, 6.07) is 3.63. The summed E-state index contributed by atoms with van der Waals surface area (Å²) in [5, 5.41) is 13.0. The van der Waals surface area contributed by atoms with Crippen LogP contribution >= 0.6 is 0 Å². The number of nitrogens with zero attached hydrogens (tertiary/aromatic N) is 3. The number of pyridine rings is 1. The smallest absolute Gasteiger partial charge is 0.243 e. The number of hydrogen-bond donors (Lipinski definition) is 2. The second-order valence-electron chi connectivity index (χ2n) is 5.21. The molecule has 0 radical (unpaired) electrons. The second-order valence-corrected chi connectivity index (χ2v) is 5.21. The summed E-state index contributed by atoms with van der Waals surface area (Å²) in [6.45, 7) is 1.25. The maximum Gasteiger partial charge on any atom is 0.243 e. The van der Waals surface area contributed by atoms with Crippen LogP contribution in [0, 0.1) is 11.5 Å². The molecule has 0 bridgehead atoms. The number of H-pyrrole nitrogens is 1. The number of fused-ring (bicyclic) bond motifs is 1. The summed E-state index contributed by atoms with van der Waals surface area (Å²) in [6.07, 6.45) is 8.17. The molecule has 0 saturated carbocycles. The van der Waals surface area contributed by atoms with Gasteiger partial charge in [0.1, 0.15) is 11.7 Å². The largest absolute Gasteiger partial charge is 0.354 e. The zero-order valence-corrected chi connectivity index (χ0v) is 11.7. The quantitative estimate of drug-likeness (QED) is 0.825. The van der Waals surface area contributed by atoms with Crippen LogP contribution in [0.2, 0.25) is 0 Å². The molecule has 2 aromatic rings. The third-order valence-electron chi connectivity index (χ3n) is 3.91. The summed E-state index contributed by atoms with van der Waals surface area (Å²) in [5.74, 6) is -0.0491. The molecular formula is C15H17N5O. The molecule has 3 rings (SSSR count). The molecule has 0 aliphatic carbocycles. The maximum absolute atomic E-state index is 12.1. The monoisotopic (exact) mass is 283 g/mol. The van der Waals surface area contributed by atoms with Gasteiger partial charge in [-0.1, -0.05) is 0 Å². The lowest BCUT2D eigenvalue weighted by molar-refractivity contribution is -0.124. The number of aromatic amines is 1. The van der Waals surface area contributed by atoms with Crippen LogP contribution in [-0.2, 0) is 11.2 Å². The van der Waals surface area contributed by atoms with E-state index in [0.29, 0.717) is 13.1 Å². The minimum Gasteiger partial charge on any atom is -0.354 e. The van der Waals surface area contributed by atoms with Gasteiger partial charge in [0.2, 0.25) is 5.91 Å². The van der Waals surface area contributed by atoms with Gasteiger partial charge in [0.25, 0.3) is 0 Å². The van der Waals surface area contributed by atoms with Crippen molar-refractivity contribution < 1.29 is 4.79 Å². The highest BCUT2D eigenvalue weighted by Crippen LogP contribution is 2.17. The van der Waals surface area contributed by atoms with Crippen molar-refractivity contribution in [1.29, 1.82) is 5.26 Å². The molecular weight excluding hydrogens is 266 g/mol. The Morgan fingerprint density at radius 2 is 2.52 bits per heavy atom. The topological polar surface area (TPSA) is 84.8 Å². The third kappa shape index (κ3) is 2.68. The van der Waals surface area contributed by atoms with Gasteiger partial charge in [-0.3, -0.25) is 9.69 Å². The fraction of sp³-hybridized carbons (Fsp3) is 0.400. The number of aromatic nitrogens is 2. The number of likely N-dealkylation sites (tertiary alicyclic amines) is 1. The zero-order valence-electron chi connectivity index (χ0n) is 11.7. The van der Waals surface area contributed by atoms with Gasteiger partial charge in [-0.05, 0) is 37.0 Å². The molecule has 1 fully saturated rings. The van der Waals surface area contributed by atoms with E-state index in [9.17, 15) is 4.79 Å². The van der Waals surface area contributed by atoms with Crippen LogP contribution < -0.4 is 5.32 Å². The lowest BCUT2D eigenvalue weighted by Crippen LogP contribution is -2.41. The standard InChI is InChI=1S/C15H17N5O/c16-10-20-8-2-4-13(20)15(21)18-7-5-11-9-19-14-12(11)3-1-6-17-14/h1,3,6,9,13H,2,4-5,7-8H2,(H,17,19)(H,18,21). The van der Waals surface area contributed by atoms with Crippen molar-refractivity contribution in [3.05, 3.63) is 30.1 Å². The molecule has 0 spiro atoms. The number of nitrogens with one attached hydrogen (secondary N) is 2. The van der Waals surface area contributed by atoms with Crippen molar-refractivity contribution in [2.45, 2.75) is 25.3 Å². The van der Waals surface area contributed by atoms with Crippen LogP contribution in [-0.4, -0.2) is 39.9 Å². The molecule has 6 nitrogen and oxygen atoms in total. The van der Waals surface area contributed by atoms with Gasteiger partial charge < -0.3 is 10.3 Å². The first-order valence-corrected chi connectivity index (χ1v) is 7.14. The third-order valence-corrected chi connectivity index (χ3v) is 3.91. The highest BCUT2D eigenvalue weighted by atomic mass is 16.2. The molecule has 108 valence electrons. The SMILES string of the molecule is N#CN1CCCC1C(=O)NCCc1c[nH]c2ncccc12. The van der Waals surface area contributed by atoms with Gasteiger partial charge in [-0.15, -0.1) is 0 Å². The van der Waals surface area contributed by atoms with E-state index in [4.69, 9.17) is 5.26 Å². The molecule has 2 aromatic heterocycles. The van der Waals surface area contributed by atoms with Crippen molar-refractivity contribution >= 4 is 16.9 Å². The van der Waals surface area contributed by atoms with Gasteiger partial charge in [0, 0.05) is 30.9 Å². The second kappa shape index (κ2) is 5.83. The number of amides is 1. The number of carbonyl (C=O) groups is 1. The first-order chi connectivity index (χ1) is 10.3. The predicted octanol–water partition coefficient (Wildman–Crippen LogP) is 1.17. The minimum atomic E-state index is -0.292. The van der Waals surface area contributed by atoms with E-state index in [0.717, 1.165) is 35.9 Å². The molecule has 2 N–H and O–H groups in total. The Balaban J connectivity index is 1.57. The minimum absolute atomic E-state index is 0.0491. The van der Waals surface area contributed by atoms with Crippen LogP contribution in [0.3, 0.4) is 0 Å². The molecule has 3 heterocycles. The molecule has 1 atom stereocenters. The van der Waals surface area contributed by atoms with Gasteiger partial charge >= 0.3 is 0 Å². The van der Waals surface area contributed by atoms with Crippen molar-refractivity contribution in [2.75, 3.05) is 13.1 Å².